The van der Waals surface area contributed by atoms with Gasteiger partial charge in [0.1, 0.15) is 0 Å². The number of hydrogen-bond acceptors (Lipinski definition) is 3. The topological polar surface area (TPSA) is 32.8 Å². The van der Waals surface area contributed by atoms with Crippen molar-refractivity contribution in [2.75, 3.05) is 39.9 Å². The molecule has 82 valence electrons. The molecule has 1 heterocycles. The van der Waals surface area contributed by atoms with E-state index in [1.807, 2.05) is 20.9 Å². The molecule has 1 atom stereocenters. The van der Waals surface area contributed by atoms with Crippen molar-refractivity contribution in [3.8, 4) is 0 Å². The van der Waals surface area contributed by atoms with E-state index in [0.717, 1.165) is 32.8 Å². The summed E-state index contributed by atoms with van der Waals surface area (Å²) in [7, 11) is 1.85. The Labute approximate surface area is 85.8 Å². The van der Waals surface area contributed by atoms with Crippen LogP contribution in [0.4, 0.5) is 0 Å². The van der Waals surface area contributed by atoms with Gasteiger partial charge >= 0.3 is 0 Å². The van der Waals surface area contributed by atoms with Gasteiger partial charge in [0.2, 0.25) is 5.91 Å². The minimum Gasteiger partial charge on any atom is -0.379 e. The fourth-order valence-electron chi connectivity index (χ4n) is 1.60. The highest BCUT2D eigenvalue weighted by Crippen LogP contribution is 2.05. The van der Waals surface area contributed by atoms with Crippen molar-refractivity contribution in [2.24, 2.45) is 0 Å². The maximum atomic E-state index is 11.8. The third-order valence-corrected chi connectivity index (χ3v) is 2.80. The van der Waals surface area contributed by atoms with Crippen molar-refractivity contribution in [1.82, 2.24) is 9.80 Å². The molecule has 0 bridgehead atoms. The van der Waals surface area contributed by atoms with Crippen molar-refractivity contribution in [2.45, 2.75) is 19.9 Å². The van der Waals surface area contributed by atoms with Crippen molar-refractivity contribution < 1.29 is 9.53 Å². The quantitative estimate of drug-likeness (QED) is 0.652. The zero-order chi connectivity index (χ0) is 10.6. The lowest BCUT2D eigenvalue weighted by molar-refractivity contribution is -0.136. The van der Waals surface area contributed by atoms with Gasteiger partial charge in [-0.15, -0.1) is 0 Å². The van der Waals surface area contributed by atoms with E-state index in [4.69, 9.17) is 4.74 Å². The molecular formula is C10H20N2O2. The maximum Gasteiger partial charge on any atom is 0.239 e. The summed E-state index contributed by atoms with van der Waals surface area (Å²) < 4.78 is 5.25. The van der Waals surface area contributed by atoms with Gasteiger partial charge < -0.3 is 9.64 Å². The van der Waals surface area contributed by atoms with Gasteiger partial charge in [-0.25, -0.2) is 0 Å². The van der Waals surface area contributed by atoms with Crippen LogP contribution in [0.1, 0.15) is 13.8 Å². The molecule has 1 amide bonds. The van der Waals surface area contributed by atoms with Crippen LogP contribution in [0, 0.1) is 0 Å². The van der Waals surface area contributed by atoms with E-state index in [1.165, 1.54) is 0 Å². The molecule has 0 aliphatic carbocycles. The highest BCUT2D eigenvalue weighted by Gasteiger charge is 2.24. The lowest BCUT2D eigenvalue weighted by atomic mass is 10.2. The monoisotopic (exact) mass is 200 g/mol. The third-order valence-electron chi connectivity index (χ3n) is 2.80. The maximum absolute atomic E-state index is 11.8. The van der Waals surface area contributed by atoms with Gasteiger partial charge in [0, 0.05) is 26.7 Å². The minimum atomic E-state index is -0.0103. The van der Waals surface area contributed by atoms with Crippen LogP contribution in [0.15, 0.2) is 0 Å². The smallest absolute Gasteiger partial charge is 0.239 e. The summed E-state index contributed by atoms with van der Waals surface area (Å²) in [6.45, 7) is 7.95. The van der Waals surface area contributed by atoms with Crippen molar-refractivity contribution in [3.63, 3.8) is 0 Å². The van der Waals surface area contributed by atoms with Gasteiger partial charge in [0.25, 0.3) is 0 Å². The molecule has 4 heteroatoms. The molecule has 1 aliphatic rings. The number of likely N-dealkylation sites (N-methyl/N-ethyl adjacent to an activating group) is 1. The van der Waals surface area contributed by atoms with E-state index in [9.17, 15) is 4.79 Å². The molecule has 0 spiro atoms. The van der Waals surface area contributed by atoms with Crippen LogP contribution >= 0.6 is 0 Å². The number of amides is 1. The van der Waals surface area contributed by atoms with E-state index in [2.05, 4.69) is 4.90 Å². The number of nitrogens with zero attached hydrogens (tertiary/aromatic N) is 2. The van der Waals surface area contributed by atoms with Crippen LogP contribution < -0.4 is 0 Å². The first-order valence-electron chi connectivity index (χ1n) is 5.23. The normalized spacial score (nSPS) is 20.5. The number of carbonyl (C=O) groups excluding carboxylic acids is 1. The van der Waals surface area contributed by atoms with Gasteiger partial charge in [-0.2, -0.15) is 0 Å². The Morgan fingerprint density at radius 2 is 2.07 bits per heavy atom. The first-order chi connectivity index (χ1) is 6.66. The minimum absolute atomic E-state index is 0.0103. The van der Waals surface area contributed by atoms with Crippen LogP contribution in [0.2, 0.25) is 0 Å². The van der Waals surface area contributed by atoms with Gasteiger partial charge in [-0.1, -0.05) is 0 Å². The molecule has 0 saturated carbocycles. The highest BCUT2D eigenvalue weighted by atomic mass is 16.5. The van der Waals surface area contributed by atoms with Crippen LogP contribution in [0.5, 0.6) is 0 Å². The van der Waals surface area contributed by atoms with Crippen molar-refractivity contribution >= 4 is 5.91 Å². The largest absolute Gasteiger partial charge is 0.379 e. The van der Waals surface area contributed by atoms with E-state index in [-0.39, 0.29) is 11.9 Å². The summed E-state index contributed by atoms with van der Waals surface area (Å²) in [6.07, 6.45) is 0. The lowest BCUT2D eigenvalue weighted by Gasteiger charge is -2.33. The molecule has 0 N–H and O–H groups in total. The van der Waals surface area contributed by atoms with E-state index in [1.54, 1.807) is 4.90 Å². The molecule has 14 heavy (non-hydrogen) atoms. The third kappa shape index (κ3) is 2.69. The molecule has 1 rings (SSSR count). The number of morpholine rings is 1. The number of hydrogen-bond donors (Lipinski definition) is 0. The van der Waals surface area contributed by atoms with Gasteiger partial charge in [0.05, 0.1) is 19.3 Å². The fraction of sp³-hybridized carbons (Fsp3) is 0.900. The second-order valence-corrected chi connectivity index (χ2v) is 3.68. The molecule has 0 unspecified atom stereocenters. The van der Waals surface area contributed by atoms with Crippen LogP contribution in [0.25, 0.3) is 0 Å². The van der Waals surface area contributed by atoms with Gasteiger partial charge in [-0.05, 0) is 13.8 Å². The number of carbonyl (C=O) groups is 1. The molecule has 1 fully saturated rings. The zero-order valence-electron chi connectivity index (χ0n) is 9.32. The van der Waals surface area contributed by atoms with Gasteiger partial charge in [-0.3, -0.25) is 9.69 Å². The zero-order valence-corrected chi connectivity index (χ0v) is 9.32. The van der Waals surface area contributed by atoms with E-state index in [0.29, 0.717) is 0 Å². The van der Waals surface area contributed by atoms with Crippen molar-refractivity contribution in [1.29, 1.82) is 0 Å². The molecule has 4 nitrogen and oxygen atoms in total. The molecule has 0 aromatic heterocycles. The summed E-state index contributed by atoms with van der Waals surface area (Å²) in [5.74, 6) is 0.203. The molecular weight excluding hydrogens is 180 g/mol. The van der Waals surface area contributed by atoms with Crippen molar-refractivity contribution in [3.05, 3.63) is 0 Å². The molecule has 1 aliphatic heterocycles. The van der Waals surface area contributed by atoms with Crippen LogP contribution in [-0.2, 0) is 9.53 Å². The SMILES string of the molecule is CCN(C)C(=O)[C@H](C)N1CCOCC1. The van der Waals surface area contributed by atoms with Crippen LogP contribution in [-0.4, -0.2) is 61.6 Å². The Morgan fingerprint density at radius 3 is 2.57 bits per heavy atom. The Morgan fingerprint density at radius 1 is 1.50 bits per heavy atom. The summed E-state index contributed by atoms with van der Waals surface area (Å²) >= 11 is 0. The Balaban J connectivity index is 2.45. The van der Waals surface area contributed by atoms with Gasteiger partial charge in [0.15, 0.2) is 0 Å². The fourth-order valence-corrected chi connectivity index (χ4v) is 1.60. The first kappa shape index (κ1) is 11.5. The van der Waals surface area contributed by atoms with E-state index < -0.39 is 0 Å². The second-order valence-electron chi connectivity index (χ2n) is 3.68. The first-order valence-corrected chi connectivity index (χ1v) is 5.23. The molecule has 0 radical (unpaired) electrons. The average Bonchev–Trinajstić information content (AvgIpc) is 2.27. The molecule has 1 saturated heterocycles. The summed E-state index contributed by atoms with van der Waals surface area (Å²) in [5, 5.41) is 0. The number of ether oxygens (including phenoxy) is 1. The Hall–Kier alpha value is -0.610. The Kier molecular flexibility index (Phi) is 4.35. The lowest BCUT2D eigenvalue weighted by Crippen LogP contribution is -2.49. The summed E-state index contributed by atoms with van der Waals surface area (Å²) in [6, 6.07) is -0.0103. The summed E-state index contributed by atoms with van der Waals surface area (Å²) in [5.41, 5.74) is 0. The summed E-state index contributed by atoms with van der Waals surface area (Å²) in [4.78, 5) is 15.8. The predicted octanol–water partition coefficient (Wildman–Crippen LogP) is 0.185. The molecule has 0 aromatic rings. The predicted molar refractivity (Wildman–Crippen MR) is 55.2 cm³/mol. The highest BCUT2D eigenvalue weighted by molar-refractivity contribution is 5.81. The second kappa shape index (κ2) is 5.32. The average molecular weight is 200 g/mol. The van der Waals surface area contributed by atoms with Crippen LogP contribution in [0.3, 0.4) is 0 Å². The Bertz CT molecular complexity index is 191. The standard InChI is InChI=1S/C10H20N2O2/c1-4-11(3)10(13)9(2)12-5-7-14-8-6-12/h9H,4-8H2,1-3H3/t9-/m0/s1. The van der Waals surface area contributed by atoms with E-state index >= 15 is 0 Å². The number of rotatable bonds is 3. The molecule has 0 aromatic carbocycles.